The minimum atomic E-state index is -0.669. The molecule has 2 saturated heterocycles. The summed E-state index contributed by atoms with van der Waals surface area (Å²) >= 11 is 0. The molecule has 0 aliphatic carbocycles. The first kappa shape index (κ1) is 24.3. The van der Waals surface area contributed by atoms with E-state index in [0.717, 1.165) is 31.5 Å². The van der Waals surface area contributed by atoms with Crippen molar-refractivity contribution in [1.82, 2.24) is 30.3 Å². The zero-order valence-corrected chi connectivity index (χ0v) is 20.2. The number of hydrogen-bond acceptors (Lipinski definition) is 7. The molecule has 1 aromatic carbocycles. The van der Waals surface area contributed by atoms with Gasteiger partial charge in [-0.3, -0.25) is 19.9 Å². The molecule has 0 spiro atoms. The third kappa shape index (κ3) is 5.07. The molecule has 0 unspecified atom stereocenters. The quantitative estimate of drug-likeness (QED) is 0.504. The highest BCUT2D eigenvalue weighted by Crippen LogP contribution is 2.22. The zero-order chi connectivity index (χ0) is 25.2. The number of H-pyrrole nitrogens is 1. The summed E-state index contributed by atoms with van der Waals surface area (Å²) in [7, 11) is 0. The summed E-state index contributed by atoms with van der Waals surface area (Å²) in [5.74, 6) is -1.54. The van der Waals surface area contributed by atoms with Crippen molar-refractivity contribution in [1.29, 1.82) is 0 Å². The van der Waals surface area contributed by atoms with Gasteiger partial charge in [-0.1, -0.05) is 6.92 Å². The number of carbonyl (C=O) groups excluding carboxylic acids is 1. The topological polar surface area (TPSA) is 97.5 Å². The molecule has 2 aliphatic heterocycles. The van der Waals surface area contributed by atoms with Crippen molar-refractivity contribution in [3.8, 4) is 0 Å². The molecule has 0 radical (unpaired) electrons. The van der Waals surface area contributed by atoms with Gasteiger partial charge in [-0.05, 0) is 49.1 Å². The van der Waals surface area contributed by atoms with Gasteiger partial charge in [-0.15, -0.1) is 0 Å². The summed E-state index contributed by atoms with van der Waals surface area (Å²) < 4.78 is 29.5. The number of rotatable bonds is 6. The second-order valence-corrected chi connectivity index (χ2v) is 9.24. The number of anilines is 1. The number of fused-ring (bicyclic) bond motifs is 1. The van der Waals surface area contributed by atoms with E-state index >= 15 is 0 Å². The minimum Gasteiger partial charge on any atom is -0.365 e. The Morgan fingerprint density at radius 2 is 1.81 bits per heavy atom. The van der Waals surface area contributed by atoms with E-state index in [2.05, 4.69) is 25.3 Å². The summed E-state index contributed by atoms with van der Waals surface area (Å²) in [5.41, 5.74) is 4.48. The first-order chi connectivity index (χ1) is 17.4. The molecule has 5 rings (SSSR count). The Kier molecular flexibility index (Phi) is 6.92. The maximum atomic E-state index is 14.8. The number of halogens is 2. The third-order valence-electron chi connectivity index (χ3n) is 6.76. The van der Waals surface area contributed by atoms with Crippen LogP contribution in [0.2, 0.25) is 0 Å². The Balaban J connectivity index is 1.21. The molecule has 0 bridgehead atoms. The van der Waals surface area contributed by atoms with Gasteiger partial charge >= 0.3 is 0 Å². The van der Waals surface area contributed by atoms with Crippen LogP contribution in [0.4, 0.5) is 14.5 Å². The predicted octanol–water partition coefficient (Wildman–Crippen LogP) is 2.22. The van der Waals surface area contributed by atoms with Crippen molar-refractivity contribution in [2.45, 2.75) is 32.7 Å². The van der Waals surface area contributed by atoms with E-state index in [9.17, 15) is 18.4 Å². The lowest BCUT2D eigenvalue weighted by atomic mass is 10.1. The fourth-order valence-corrected chi connectivity index (χ4v) is 4.80. The van der Waals surface area contributed by atoms with Gasteiger partial charge in [-0.25, -0.2) is 19.4 Å². The molecule has 11 heteroatoms. The number of nitrogens with zero attached hydrogens (tertiary/aromatic N) is 5. The van der Waals surface area contributed by atoms with Crippen molar-refractivity contribution in [3.05, 3.63) is 63.3 Å². The lowest BCUT2D eigenvalue weighted by Gasteiger charge is -2.36. The molecule has 2 aromatic heterocycles. The number of amides is 1. The Bertz CT molecular complexity index is 1330. The van der Waals surface area contributed by atoms with E-state index in [-0.39, 0.29) is 16.8 Å². The van der Waals surface area contributed by atoms with Crippen LogP contribution in [0.5, 0.6) is 0 Å². The second kappa shape index (κ2) is 10.3. The van der Waals surface area contributed by atoms with Crippen LogP contribution in [0.15, 0.2) is 29.1 Å². The predicted molar refractivity (Wildman–Crippen MR) is 132 cm³/mol. The number of nitrogens with one attached hydrogen (secondary N) is 2. The van der Waals surface area contributed by atoms with Gasteiger partial charge in [0, 0.05) is 45.8 Å². The van der Waals surface area contributed by atoms with Gasteiger partial charge < -0.3 is 9.88 Å². The molecule has 0 atom stereocenters. The van der Waals surface area contributed by atoms with Gasteiger partial charge in [0.2, 0.25) is 5.95 Å². The monoisotopic (exact) mass is 497 g/mol. The molecule has 9 nitrogen and oxygen atoms in total. The summed E-state index contributed by atoms with van der Waals surface area (Å²) in [4.78, 5) is 39.3. The number of aromatic nitrogens is 3. The molecule has 2 fully saturated rings. The Morgan fingerprint density at radius 3 is 2.50 bits per heavy atom. The first-order valence-corrected chi connectivity index (χ1v) is 12.3. The first-order valence-electron chi connectivity index (χ1n) is 12.3. The molecule has 2 N–H and O–H groups in total. The number of benzene rings is 1. The van der Waals surface area contributed by atoms with Crippen molar-refractivity contribution in [2.75, 3.05) is 44.2 Å². The number of hydrogen-bond donors (Lipinski definition) is 2. The molecule has 0 saturated carbocycles. The Labute approximate surface area is 207 Å². The van der Waals surface area contributed by atoms with Gasteiger partial charge in [0.25, 0.3) is 11.5 Å². The second-order valence-electron chi connectivity index (χ2n) is 9.24. The van der Waals surface area contributed by atoms with Crippen molar-refractivity contribution in [3.63, 3.8) is 0 Å². The number of carbonyl (C=O) groups is 1. The number of pyridine rings is 1. The summed E-state index contributed by atoms with van der Waals surface area (Å²) in [6.07, 6.45) is 2.49. The van der Waals surface area contributed by atoms with Crippen LogP contribution in [0, 0.1) is 11.8 Å². The number of hydrazine groups is 1. The van der Waals surface area contributed by atoms with Crippen molar-refractivity contribution < 1.29 is 13.6 Å². The number of piperazine rings is 1. The van der Waals surface area contributed by atoms with E-state index < -0.39 is 17.7 Å². The van der Waals surface area contributed by atoms with Crippen molar-refractivity contribution in [2.24, 2.45) is 0 Å². The van der Waals surface area contributed by atoms with Crippen LogP contribution in [0.3, 0.4) is 0 Å². The fourth-order valence-electron chi connectivity index (χ4n) is 4.80. The van der Waals surface area contributed by atoms with E-state index in [4.69, 9.17) is 0 Å². The maximum absolute atomic E-state index is 14.8. The Hall–Kier alpha value is -3.44. The van der Waals surface area contributed by atoms with Gasteiger partial charge in [0.1, 0.15) is 16.9 Å². The lowest BCUT2D eigenvalue weighted by Crippen LogP contribution is -2.46. The zero-order valence-electron chi connectivity index (χ0n) is 20.2. The number of aromatic amines is 1. The molecule has 190 valence electrons. The smallest absolute Gasteiger partial charge is 0.284 e. The third-order valence-corrected chi connectivity index (χ3v) is 6.76. The molecule has 36 heavy (non-hydrogen) atoms. The maximum Gasteiger partial charge on any atom is 0.284 e. The fraction of sp³-hybridized carbons (Fsp3) is 0.440. The largest absolute Gasteiger partial charge is 0.365 e. The SMILES string of the molecule is CCc1nc2c(F)cc(CN3CCN(c4ccc(C(=O)NN5CCCC5)nc4F)CC3)cc2[nH]c1=O. The standard InChI is InChI=1S/C25H29F2N7O2/c1-2-18-24(35)30-20-14-16(13-17(26)22(20)28-18)15-32-9-11-33(12-10-32)21-6-5-19(29-23(21)27)25(36)31-34-7-3-4-8-34/h5-6,13-14H,2-4,7-12,15H2,1H3,(H,30,35)(H,31,36). The van der Waals surface area contributed by atoms with Crippen LogP contribution in [-0.2, 0) is 13.0 Å². The highest BCUT2D eigenvalue weighted by atomic mass is 19.1. The lowest BCUT2D eigenvalue weighted by molar-refractivity contribution is 0.0819. The van der Waals surface area contributed by atoms with E-state index in [1.165, 1.54) is 6.07 Å². The van der Waals surface area contributed by atoms with E-state index in [1.54, 1.807) is 25.1 Å². The van der Waals surface area contributed by atoms with E-state index in [0.29, 0.717) is 56.0 Å². The molecule has 3 aromatic rings. The van der Waals surface area contributed by atoms with Crippen LogP contribution < -0.4 is 15.9 Å². The molecule has 2 aliphatic rings. The minimum absolute atomic E-state index is 0.0544. The number of aryl methyl sites for hydroxylation is 1. The summed E-state index contributed by atoms with van der Waals surface area (Å²) in [6.45, 7) is 6.28. The van der Waals surface area contributed by atoms with Crippen LogP contribution in [0.1, 0.15) is 41.5 Å². The van der Waals surface area contributed by atoms with Crippen LogP contribution >= 0.6 is 0 Å². The van der Waals surface area contributed by atoms with Crippen LogP contribution in [-0.4, -0.2) is 70.0 Å². The molecular weight excluding hydrogens is 468 g/mol. The molecular formula is C25H29F2N7O2. The van der Waals surface area contributed by atoms with E-state index in [1.807, 2.05) is 9.91 Å². The van der Waals surface area contributed by atoms with Gasteiger partial charge in [0.05, 0.1) is 11.2 Å². The highest BCUT2D eigenvalue weighted by molar-refractivity contribution is 5.92. The highest BCUT2D eigenvalue weighted by Gasteiger charge is 2.23. The van der Waals surface area contributed by atoms with Gasteiger partial charge in [-0.2, -0.15) is 4.39 Å². The molecule has 4 heterocycles. The summed E-state index contributed by atoms with van der Waals surface area (Å²) in [6, 6.07) is 6.36. The Morgan fingerprint density at radius 1 is 1.06 bits per heavy atom. The van der Waals surface area contributed by atoms with Crippen molar-refractivity contribution >= 4 is 22.6 Å². The average molecular weight is 498 g/mol. The normalized spacial score (nSPS) is 17.1. The summed E-state index contributed by atoms with van der Waals surface area (Å²) in [5, 5.41) is 1.83. The van der Waals surface area contributed by atoms with Gasteiger partial charge in [0.15, 0.2) is 5.82 Å². The molecule has 1 amide bonds. The average Bonchev–Trinajstić information content (AvgIpc) is 3.37. The van der Waals surface area contributed by atoms with Crippen LogP contribution in [0.25, 0.3) is 11.0 Å².